The summed E-state index contributed by atoms with van der Waals surface area (Å²) in [6, 6.07) is 5.67. The number of pyridine rings is 1. The summed E-state index contributed by atoms with van der Waals surface area (Å²) in [7, 11) is -2.50. The quantitative estimate of drug-likeness (QED) is 0.102. The molecule has 11 nitrogen and oxygen atoms in total. The number of hydrogen-bond acceptors (Lipinski definition) is 7. The highest BCUT2D eigenvalue weighted by Crippen LogP contribution is 2.68. The van der Waals surface area contributed by atoms with E-state index in [1.807, 2.05) is 0 Å². The fourth-order valence-electron chi connectivity index (χ4n) is 8.42. The van der Waals surface area contributed by atoms with E-state index in [9.17, 15) is 44.7 Å². The van der Waals surface area contributed by atoms with E-state index in [4.69, 9.17) is 17.3 Å². The van der Waals surface area contributed by atoms with Crippen LogP contribution in [0.1, 0.15) is 77.5 Å². The van der Waals surface area contributed by atoms with Gasteiger partial charge in [0.15, 0.2) is 5.82 Å². The molecule has 0 saturated heterocycles. The third kappa shape index (κ3) is 7.16. The molecule has 2 saturated carbocycles. The zero-order valence-corrected chi connectivity index (χ0v) is 32.1. The fourth-order valence-corrected chi connectivity index (χ4v) is 9.15. The van der Waals surface area contributed by atoms with Gasteiger partial charge in [-0.3, -0.25) is 14.2 Å². The molecule has 0 spiro atoms. The highest BCUT2D eigenvalue weighted by Gasteiger charge is 2.68. The van der Waals surface area contributed by atoms with Gasteiger partial charge in [-0.15, -0.1) is 0 Å². The van der Waals surface area contributed by atoms with E-state index in [0.29, 0.717) is 10.7 Å². The third-order valence-electron chi connectivity index (χ3n) is 10.8. The predicted molar refractivity (Wildman–Crippen MR) is 196 cm³/mol. The summed E-state index contributed by atoms with van der Waals surface area (Å²) in [6.45, 7) is 0. The molecular formula is C38H30ClF8N7O4S. The normalized spacial score (nSPS) is 20.6. The van der Waals surface area contributed by atoms with Crippen LogP contribution in [-0.4, -0.2) is 61.8 Å². The van der Waals surface area contributed by atoms with Crippen LogP contribution in [0, 0.1) is 29.4 Å². The maximum Gasteiger partial charge on any atom is 0.293 e. The van der Waals surface area contributed by atoms with Gasteiger partial charge in [0.2, 0.25) is 15.9 Å². The van der Waals surface area contributed by atoms with Crippen LogP contribution >= 0.6 is 11.6 Å². The number of alkyl halides is 6. The summed E-state index contributed by atoms with van der Waals surface area (Å²) in [6.07, 6.45) is -5.21. The molecule has 21 heteroatoms. The Morgan fingerprint density at radius 1 is 1.05 bits per heavy atom. The number of benzene rings is 2. The van der Waals surface area contributed by atoms with E-state index in [1.165, 1.54) is 36.0 Å². The summed E-state index contributed by atoms with van der Waals surface area (Å²) in [5, 5.41) is 18.8. The second-order valence-electron chi connectivity index (χ2n) is 15.2. The van der Waals surface area contributed by atoms with Crippen molar-refractivity contribution in [3.63, 3.8) is 0 Å². The van der Waals surface area contributed by atoms with Gasteiger partial charge in [-0.25, -0.2) is 44.4 Å². The Balaban J connectivity index is 1.42. The Morgan fingerprint density at radius 2 is 1.71 bits per heavy atom. The van der Waals surface area contributed by atoms with Gasteiger partial charge >= 0.3 is 0 Å². The molecule has 8 rings (SSSR count). The zero-order valence-electron chi connectivity index (χ0n) is 30.6. The number of aliphatic hydroxyl groups is 1. The second kappa shape index (κ2) is 13.6. The zero-order chi connectivity index (χ0) is 42.7. The molecule has 2 aromatic carbocycles. The van der Waals surface area contributed by atoms with Crippen LogP contribution in [0.5, 0.6) is 0 Å². The molecule has 1 unspecified atom stereocenters. The van der Waals surface area contributed by atoms with Crippen LogP contribution in [0.3, 0.4) is 0 Å². The number of nitrogens with one attached hydrogen (secondary N) is 1. The first kappa shape index (κ1) is 40.5. The van der Waals surface area contributed by atoms with Crippen molar-refractivity contribution in [3.05, 3.63) is 93.0 Å². The second-order valence-corrected chi connectivity index (χ2v) is 17.3. The van der Waals surface area contributed by atoms with Crippen LogP contribution in [0.4, 0.5) is 40.9 Å². The molecule has 3 aromatic heterocycles. The number of rotatable bonds is 10. The van der Waals surface area contributed by atoms with E-state index in [1.54, 1.807) is 0 Å². The molecule has 59 heavy (non-hydrogen) atoms. The van der Waals surface area contributed by atoms with Crippen molar-refractivity contribution in [1.82, 2.24) is 24.5 Å². The van der Waals surface area contributed by atoms with Crippen molar-refractivity contribution in [2.24, 2.45) is 18.7 Å². The Morgan fingerprint density at radius 3 is 2.32 bits per heavy atom. The standard InChI is InChI=1S/C38H30ClF8N7O4S/c1-53-30-21(5-6-25(39)27(30)35(51-53)52-59(2,57)58)20-4-3-19(7-8-36(56)14-37(44,45)15-36)49-28(20)23(11-16-9-17(40)12-18(41)10-16)31(34(48)55)54-32-26(29(50-54)33(42)43)22-13-24(22)38(32,46)47/h3-6,9-10,12,22-24,31,33,56H,11,13-15H2,1-2H3,(H2,48,55)(H,51,52)/t22-,23+,24+,31?/m0/s1. The van der Waals surface area contributed by atoms with E-state index in [-0.39, 0.29) is 56.2 Å². The maximum absolute atomic E-state index is 16.1. The topological polar surface area (TPSA) is 158 Å². The minimum atomic E-state index is -3.93. The molecule has 0 aliphatic heterocycles. The molecule has 3 aliphatic carbocycles. The summed E-state index contributed by atoms with van der Waals surface area (Å²) in [5.41, 5.74) is 1.13. The molecule has 1 amide bonds. The van der Waals surface area contributed by atoms with E-state index >= 15 is 8.78 Å². The number of halogens is 9. The molecule has 3 heterocycles. The van der Waals surface area contributed by atoms with Gasteiger partial charge in [0.25, 0.3) is 18.3 Å². The first-order chi connectivity index (χ1) is 27.5. The van der Waals surface area contributed by atoms with Crippen LogP contribution in [-0.2, 0) is 34.2 Å². The number of hydrogen-bond donors (Lipinski definition) is 3. The lowest BCUT2D eigenvalue weighted by Gasteiger charge is -2.39. The first-order valence-corrected chi connectivity index (χ1v) is 20.0. The number of anilines is 1. The highest BCUT2D eigenvalue weighted by molar-refractivity contribution is 7.92. The predicted octanol–water partition coefficient (Wildman–Crippen LogP) is 6.85. The van der Waals surface area contributed by atoms with Gasteiger partial charge in [-0.1, -0.05) is 23.6 Å². The Bertz CT molecular complexity index is 2760. The summed E-state index contributed by atoms with van der Waals surface area (Å²) < 4.78 is 147. The summed E-state index contributed by atoms with van der Waals surface area (Å²) in [4.78, 5) is 18.4. The fraction of sp³-hybridized carbons (Fsp3) is 0.368. The Labute approximate surface area is 334 Å². The number of aryl methyl sites for hydroxylation is 1. The number of carbonyl (C=O) groups excluding carboxylic acids is 1. The Kier molecular flexibility index (Phi) is 9.37. The van der Waals surface area contributed by atoms with Gasteiger partial charge in [0.05, 0.1) is 40.7 Å². The van der Waals surface area contributed by atoms with E-state index < -0.39 is 111 Å². The van der Waals surface area contributed by atoms with Crippen LogP contribution < -0.4 is 10.5 Å². The number of sulfonamides is 1. The minimum Gasteiger partial charge on any atom is -0.377 e. The number of aromatic nitrogens is 5. The van der Waals surface area contributed by atoms with Crippen molar-refractivity contribution in [2.75, 3.05) is 11.0 Å². The number of carbonyl (C=O) groups is 1. The van der Waals surface area contributed by atoms with Crippen LogP contribution in [0.2, 0.25) is 5.02 Å². The van der Waals surface area contributed by atoms with E-state index in [2.05, 4.69) is 31.7 Å². The van der Waals surface area contributed by atoms with Gasteiger partial charge in [0.1, 0.15) is 40.4 Å². The Hall–Kier alpha value is -5.26. The first-order valence-electron chi connectivity index (χ1n) is 17.8. The minimum absolute atomic E-state index is 0.0137. The number of fused-ring (bicyclic) bond motifs is 4. The average Bonchev–Trinajstić information content (AvgIpc) is 3.63. The van der Waals surface area contributed by atoms with Gasteiger partial charge in [-0.05, 0) is 60.6 Å². The largest absolute Gasteiger partial charge is 0.377 e. The third-order valence-corrected chi connectivity index (χ3v) is 11.6. The molecule has 4 N–H and O–H groups in total. The number of primary amides is 1. The van der Waals surface area contributed by atoms with Gasteiger partial charge < -0.3 is 10.8 Å². The van der Waals surface area contributed by atoms with Gasteiger partial charge in [0, 0.05) is 41.6 Å². The van der Waals surface area contributed by atoms with Crippen molar-refractivity contribution in [2.45, 2.75) is 67.4 Å². The smallest absolute Gasteiger partial charge is 0.293 e. The summed E-state index contributed by atoms with van der Waals surface area (Å²) in [5.74, 6) is -9.83. The molecule has 4 atom stereocenters. The lowest BCUT2D eigenvalue weighted by atomic mass is 9.77. The molecule has 0 bridgehead atoms. The summed E-state index contributed by atoms with van der Waals surface area (Å²) >= 11 is 6.57. The lowest BCUT2D eigenvalue weighted by Crippen LogP contribution is -2.50. The SMILES string of the molecule is Cn1nc(NS(C)(=O)=O)c2c(Cl)ccc(-c3ccc(C#CC4(O)CC(F)(F)C4)nc3[C@@H](Cc3cc(F)cc(F)c3)C(C(N)=O)n3nc(C(F)F)c4c3C(F)(F)[C@@H]3C[C@H]43)c21. The molecule has 3 aliphatic rings. The van der Waals surface area contributed by atoms with Gasteiger partial charge in [-0.2, -0.15) is 19.0 Å². The van der Waals surface area contributed by atoms with Crippen LogP contribution in [0.25, 0.3) is 22.0 Å². The number of amides is 1. The van der Waals surface area contributed by atoms with Crippen molar-refractivity contribution in [1.29, 1.82) is 0 Å². The average molecular weight is 868 g/mol. The molecular weight excluding hydrogens is 838 g/mol. The van der Waals surface area contributed by atoms with Crippen molar-refractivity contribution >= 4 is 44.3 Å². The monoisotopic (exact) mass is 867 g/mol. The molecule has 2 fully saturated rings. The van der Waals surface area contributed by atoms with Crippen molar-refractivity contribution < 1.29 is 53.4 Å². The lowest BCUT2D eigenvalue weighted by molar-refractivity contribution is -0.176. The molecule has 0 radical (unpaired) electrons. The maximum atomic E-state index is 16.1. The number of nitrogens with zero attached hydrogens (tertiary/aromatic N) is 5. The molecule has 5 aromatic rings. The van der Waals surface area contributed by atoms with E-state index in [0.717, 1.165) is 18.4 Å². The van der Waals surface area contributed by atoms with Crippen LogP contribution in [0.15, 0.2) is 42.5 Å². The number of nitrogens with two attached hydrogens (primary N) is 1. The highest BCUT2D eigenvalue weighted by atomic mass is 35.5. The molecule has 310 valence electrons. The van der Waals surface area contributed by atoms with Crippen molar-refractivity contribution in [3.8, 4) is 23.0 Å².